The number of rotatable bonds is 10. The molecule has 0 aliphatic heterocycles. The molecule has 0 saturated carbocycles. The van der Waals surface area contributed by atoms with Gasteiger partial charge in [0.05, 0.1) is 40.1 Å². The second-order valence-corrected chi connectivity index (χ2v) is 22.4. The Bertz CT molecular complexity index is 3560. The maximum absolute atomic E-state index is 12.1. The number of aromatic nitrogens is 5. The average molecular weight is 1130 g/mol. The number of nitrogens with zero attached hydrogens (tertiary/aromatic N) is 8. The summed E-state index contributed by atoms with van der Waals surface area (Å²) in [7, 11) is -4.45. The largest absolute Gasteiger partial charge is 0.474 e. The van der Waals surface area contributed by atoms with Crippen LogP contribution in [0.3, 0.4) is 0 Å². The van der Waals surface area contributed by atoms with Crippen LogP contribution in [0.15, 0.2) is 97.8 Å². The Morgan fingerprint density at radius 3 is 1.42 bits per heavy atom. The Labute approximate surface area is 464 Å². The van der Waals surface area contributed by atoms with Crippen molar-refractivity contribution in [2.45, 2.75) is 108 Å². The molecule has 23 heteroatoms. The summed E-state index contributed by atoms with van der Waals surface area (Å²) in [6.07, 6.45) is 7.13. The van der Waals surface area contributed by atoms with E-state index in [1.54, 1.807) is 89.1 Å². The quantitative estimate of drug-likeness (QED) is 0.0928. The summed E-state index contributed by atoms with van der Waals surface area (Å²) in [5, 5.41) is 20.9. The number of nitrogens with one attached hydrogen (secondary N) is 3. The van der Waals surface area contributed by atoms with Crippen LogP contribution in [-0.2, 0) is 43.0 Å². The second kappa shape index (κ2) is 27.5. The number of amides is 2. The fourth-order valence-corrected chi connectivity index (χ4v) is 8.47. The number of halogens is 1. The van der Waals surface area contributed by atoms with E-state index in [0.29, 0.717) is 28.9 Å². The zero-order valence-corrected chi connectivity index (χ0v) is 46.7. The van der Waals surface area contributed by atoms with Crippen LogP contribution in [0.5, 0.6) is 0 Å². The van der Waals surface area contributed by atoms with Crippen molar-refractivity contribution in [3.63, 3.8) is 0 Å². The number of aryl methyl sites for hydroxylation is 4. The molecule has 2 amide bonds. The predicted octanol–water partition coefficient (Wildman–Crippen LogP) is 9.24. The highest BCUT2D eigenvalue weighted by atomic mass is 35.5. The minimum Gasteiger partial charge on any atom is -0.443 e. The molecule has 0 aliphatic rings. The fraction of sp³-hybridized carbons (Fsp3) is 0.327. The lowest BCUT2D eigenvalue weighted by atomic mass is 9.95. The van der Waals surface area contributed by atoms with Crippen molar-refractivity contribution in [3.8, 4) is 34.4 Å². The first-order chi connectivity index (χ1) is 35.0. The Morgan fingerprint density at radius 2 is 1.05 bits per heavy atom. The van der Waals surface area contributed by atoms with Gasteiger partial charge in [-0.25, -0.2) is 14.3 Å². The zero-order valence-electron chi connectivity index (χ0n) is 44.3. The van der Waals surface area contributed by atoms with Gasteiger partial charge < -0.3 is 20.1 Å². The maximum atomic E-state index is 12.1. The number of fused-ring (bicyclic) bond motifs is 2. The predicted molar refractivity (Wildman–Crippen MR) is 307 cm³/mol. The van der Waals surface area contributed by atoms with Crippen molar-refractivity contribution < 1.29 is 39.9 Å². The number of carbonyl (C=O) groups is 2. The molecule has 5 heterocycles. The van der Waals surface area contributed by atoms with Gasteiger partial charge in [-0.05, 0) is 128 Å². The summed E-state index contributed by atoms with van der Waals surface area (Å²) < 4.78 is 64.7. The number of carbonyl (C=O) groups excluding carboxylic acids is 2. The minimum atomic E-state index is -4.13. The lowest BCUT2D eigenvalue weighted by Crippen LogP contribution is -2.52. The first kappa shape index (κ1) is 66.3. The number of benzene rings is 2. The molecule has 0 aliphatic carbocycles. The molecule has 0 bridgehead atoms. The summed E-state index contributed by atoms with van der Waals surface area (Å²) in [6, 6.07) is 23.0. The summed E-state index contributed by atoms with van der Waals surface area (Å²) in [6.45, 7) is 18.2. The van der Waals surface area contributed by atoms with E-state index >= 15 is 0 Å². The molecular formula is C55H70ClN12O8S2+. The number of hydrogen-bond acceptors (Lipinski definition) is 16. The molecule has 5 aromatic heterocycles. The van der Waals surface area contributed by atoms with E-state index in [9.17, 15) is 36.9 Å². The van der Waals surface area contributed by atoms with Crippen molar-refractivity contribution in [1.82, 2.24) is 34.1 Å². The SMILES string of the molecule is C.C.CN(C)c1cc[n+](S(=O)(=O)NC(=O)OC(C)(C)C)cc1.Cc1cc2ncc(C#N)c(-c3ccc(CN)nc3)c2cc1C.Cc1cc2ncc(C#N)c(-c3ccc(CNS(=O)(=O)NC(=O)OC(C)(C)C)nc3)c2cc1C.Cl. The van der Waals surface area contributed by atoms with Gasteiger partial charge in [0.2, 0.25) is 0 Å². The number of pyridine rings is 5. The highest BCUT2D eigenvalue weighted by molar-refractivity contribution is 7.88. The van der Waals surface area contributed by atoms with Gasteiger partial charge in [0.25, 0.3) is 0 Å². The first-order valence-corrected chi connectivity index (χ1v) is 26.1. The normalized spacial score (nSPS) is 11.0. The van der Waals surface area contributed by atoms with Crippen molar-refractivity contribution in [2.75, 3.05) is 19.0 Å². The number of nitriles is 2. The van der Waals surface area contributed by atoms with Gasteiger partial charge >= 0.3 is 32.6 Å². The van der Waals surface area contributed by atoms with Gasteiger partial charge in [0.1, 0.15) is 23.3 Å². The van der Waals surface area contributed by atoms with Crippen molar-refractivity contribution in [1.29, 1.82) is 10.5 Å². The molecule has 5 N–H and O–H groups in total. The Morgan fingerprint density at radius 1 is 0.641 bits per heavy atom. The third-order valence-corrected chi connectivity index (χ3v) is 13.1. The highest BCUT2D eigenvalue weighted by Gasteiger charge is 2.28. The number of anilines is 1. The van der Waals surface area contributed by atoms with Crippen LogP contribution < -0.4 is 28.8 Å². The molecule has 20 nitrogen and oxygen atoms in total. The zero-order chi connectivity index (χ0) is 55.6. The molecule has 0 radical (unpaired) electrons. The van der Waals surface area contributed by atoms with Gasteiger partial charge in [-0.3, -0.25) is 19.9 Å². The van der Waals surface area contributed by atoms with Gasteiger partial charge in [-0.2, -0.15) is 28.4 Å². The minimum absolute atomic E-state index is 0. The summed E-state index contributed by atoms with van der Waals surface area (Å²) in [5.41, 5.74) is 16.5. The topological polar surface area (TPSA) is 289 Å². The number of hydrogen-bond donors (Lipinski definition) is 4. The van der Waals surface area contributed by atoms with Gasteiger partial charge in [0.15, 0.2) is 12.4 Å². The van der Waals surface area contributed by atoms with Gasteiger partial charge in [0, 0.05) is 96.3 Å². The molecule has 7 aromatic rings. The lowest BCUT2D eigenvalue weighted by molar-refractivity contribution is -0.512. The molecule has 416 valence electrons. The van der Waals surface area contributed by atoms with Gasteiger partial charge in [-0.1, -0.05) is 31.0 Å². The van der Waals surface area contributed by atoms with Crippen molar-refractivity contribution in [2.24, 2.45) is 5.73 Å². The van der Waals surface area contributed by atoms with E-state index in [1.807, 2.05) is 61.8 Å². The Balaban J connectivity index is 0.000000408. The molecule has 0 unspecified atom stereocenters. The lowest BCUT2D eigenvalue weighted by Gasteiger charge is -2.19. The summed E-state index contributed by atoms with van der Waals surface area (Å²) in [4.78, 5) is 42.5. The third kappa shape index (κ3) is 18.1. The molecule has 2 aromatic carbocycles. The van der Waals surface area contributed by atoms with E-state index < -0.39 is 43.8 Å². The van der Waals surface area contributed by atoms with Crippen LogP contribution in [0.25, 0.3) is 44.1 Å². The van der Waals surface area contributed by atoms with Gasteiger partial charge in [-0.15, -0.1) is 20.8 Å². The monoisotopic (exact) mass is 1130 g/mol. The average Bonchev–Trinajstić information content (AvgIpc) is 3.32. The molecule has 0 atom stereocenters. The van der Waals surface area contributed by atoms with E-state index in [2.05, 4.69) is 62.8 Å². The third-order valence-electron chi connectivity index (χ3n) is 10.9. The van der Waals surface area contributed by atoms with Crippen LogP contribution in [0, 0.1) is 50.4 Å². The summed E-state index contributed by atoms with van der Waals surface area (Å²) >= 11 is 0. The highest BCUT2D eigenvalue weighted by Crippen LogP contribution is 2.34. The van der Waals surface area contributed by atoms with Crippen LogP contribution in [0.2, 0.25) is 0 Å². The molecule has 78 heavy (non-hydrogen) atoms. The Kier molecular flexibility index (Phi) is 23.3. The molecule has 0 spiro atoms. The fourth-order valence-electron chi connectivity index (χ4n) is 7.00. The van der Waals surface area contributed by atoms with E-state index in [4.69, 9.17) is 15.2 Å². The Hall–Kier alpha value is -7.86. The van der Waals surface area contributed by atoms with Crippen molar-refractivity contribution in [3.05, 3.63) is 143 Å². The molecule has 0 fully saturated rings. The van der Waals surface area contributed by atoms with E-state index in [1.165, 1.54) is 29.7 Å². The van der Waals surface area contributed by atoms with E-state index in [0.717, 1.165) is 65.0 Å². The smallest absolute Gasteiger partial charge is 0.443 e. The van der Waals surface area contributed by atoms with Crippen LogP contribution >= 0.6 is 12.4 Å². The maximum Gasteiger partial charge on any atom is 0.474 e. The standard InChI is InChI=1S/C23H25N5O4S.C18H16N4.C12H19N3O4S.2CH4.ClH/c1-14-8-19-20(9-15(14)2)26-12-17(10-24)21(19)16-6-7-18(25-11-16)13-27-33(30,31)28-22(29)32-23(3,4)5;1-11-5-16-17(6-12(11)2)22-10-14(7-19)18(16)13-3-4-15(8-20)21-9-13;1-12(2,3)19-11(16)13-20(17,18)15-8-6-10(7-9-15)14(4)5;;;/h6-9,11-12,27H,13H2,1-5H3,(H,28,29);3-6,9-10H,8,20H2,1-2H3;6-9H,1-5H3;2*1H4;1H/p+1. The molecule has 0 saturated heterocycles. The molecular weight excluding hydrogens is 1060 g/mol. The van der Waals surface area contributed by atoms with Crippen LogP contribution in [0.1, 0.15) is 101 Å². The second-order valence-electron chi connectivity index (χ2n) is 19.3. The summed E-state index contributed by atoms with van der Waals surface area (Å²) in [5.74, 6) is 0. The van der Waals surface area contributed by atoms with Crippen LogP contribution in [0.4, 0.5) is 15.3 Å². The van der Waals surface area contributed by atoms with E-state index in [-0.39, 0.29) is 33.8 Å². The molecule has 7 rings (SSSR count). The van der Waals surface area contributed by atoms with Crippen LogP contribution in [-0.4, -0.2) is 74.3 Å². The number of nitrogens with two attached hydrogens (primary N) is 1. The first-order valence-electron chi connectivity index (χ1n) is 23.2. The van der Waals surface area contributed by atoms with Crippen molar-refractivity contribution >= 4 is 72.5 Å². The number of ether oxygens (including phenoxy) is 2.